The zero-order valence-electron chi connectivity index (χ0n) is 20.5. The van der Waals surface area contributed by atoms with Crippen LogP contribution in [-0.2, 0) is 22.6 Å². The lowest BCUT2D eigenvalue weighted by Gasteiger charge is -2.31. The Morgan fingerprint density at radius 3 is 2.17 bits per heavy atom. The summed E-state index contributed by atoms with van der Waals surface area (Å²) in [6.45, 7) is 6.70. The zero-order chi connectivity index (χ0) is 25.2. The molecule has 0 unspecified atom stereocenters. The van der Waals surface area contributed by atoms with Gasteiger partial charge in [0.2, 0.25) is 5.91 Å². The van der Waals surface area contributed by atoms with Crippen molar-refractivity contribution >= 4 is 23.4 Å². The van der Waals surface area contributed by atoms with Gasteiger partial charge in [-0.2, -0.15) is 0 Å². The van der Waals surface area contributed by atoms with E-state index in [9.17, 15) is 9.59 Å². The van der Waals surface area contributed by atoms with Crippen molar-refractivity contribution in [1.29, 1.82) is 0 Å². The SMILES string of the molecule is CCNC(=O)[C@@H](Cc1ccccc1)N(Cc1ccc(Cl)cc1)C(=O)COc1ccc(C(C)C)cc1. The third kappa shape index (κ3) is 7.86. The van der Waals surface area contributed by atoms with Crippen molar-refractivity contribution < 1.29 is 14.3 Å². The molecule has 0 heterocycles. The highest BCUT2D eigenvalue weighted by atomic mass is 35.5. The van der Waals surface area contributed by atoms with Gasteiger partial charge in [-0.25, -0.2) is 0 Å². The fraction of sp³-hybridized carbons (Fsp3) is 0.310. The Bertz CT molecular complexity index is 1080. The minimum absolute atomic E-state index is 0.167. The Morgan fingerprint density at radius 1 is 0.914 bits per heavy atom. The fourth-order valence-electron chi connectivity index (χ4n) is 3.81. The predicted octanol–water partition coefficient (Wildman–Crippen LogP) is 5.62. The van der Waals surface area contributed by atoms with Crippen LogP contribution in [0.4, 0.5) is 0 Å². The first-order valence-corrected chi connectivity index (χ1v) is 12.3. The van der Waals surface area contributed by atoms with E-state index in [0.29, 0.717) is 29.7 Å². The first kappa shape index (κ1) is 26.3. The second-order valence-corrected chi connectivity index (χ2v) is 9.20. The Hall–Kier alpha value is -3.31. The molecule has 184 valence electrons. The van der Waals surface area contributed by atoms with Crippen molar-refractivity contribution in [1.82, 2.24) is 10.2 Å². The van der Waals surface area contributed by atoms with E-state index in [-0.39, 0.29) is 25.0 Å². The number of nitrogens with one attached hydrogen (secondary N) is 1. The smallest absolute Gasteiger partial charge is 0.261 e. The normalized spacial score (nSPS) is 11.7. The van der Waals surface area contributed by atoms with Crippen LogP contribution >= 0.6 is 11.6 Å². The number of nitrogens with zero attached hydrogens (tertiary/aromatic N) is 1. The topological polar surface area (TPSA) is 58.6 Å². The largest absolute Gasteiger partial charge is 0.484 e. The third-order valence-electron chi connectivity index (χ3n) is 5.80. The molecule has 6 heteroatoms. The molecule has 1 atom stereocenters. The van der Waals surface area contributed by atoms with E-state index in [0.717, 1.165) is 11.1 Å². The first-order chi connectivity index (χ1) is 16.9. The molecule has 1 N–H and O–H groups in total. The van der Waals surface area contributed by atoms with Gasteiger partial charge in [0.25, 0.3) is 5.91 Å². The molecule has 0 aliphatic heterocycles. The van der Waals surface area contributed by atoms with Crippen molar-refractivity contribution in [3.8, 4) is 5.75 Å². The Kier molecular flexibility index (Phi) is 9.74. The van der Waals surface area contributed by atoms with Crippen molar-refractivity contribution in [3.05, 3.63) is 101 Å². The number of carbonyl (C=O) groups is 2. The van der Waals surface area contributed by atoms with Crippen LogP contribution in [0.3, 0.4) is 0 Å². The number of benzene rings is 3. The second-order valence-electron chi connectivity index (χ2n) is 8.76. The van der Waals surface area contributed by atoms with Gasteiger partial charge in [-0.1, -0.05) is 80.0 Å². The predicted molar refractivity (Wildman–Crippen MR) is 141 cm³/mol. The second kappa shape index (κ2) is 13.0. The van der Waals surface area contributed by atoms with E-state index >= 15 is 0 Å². The number of rotatable bonds is 11. The van der Waals surface area contributed by atoms with Gasteiger partial charge >= 0.3 is 0 Å². The van der Waals surface area contributed by atoms with Gasteiger partial charge in [0.05, 0.1) is 0 Å². The van der Waals surface area contributed by atoms with Crippen LogP contribution in [0.2, 0.25) is 5.02 Å². The molecule has 3 aromatic carbocycles. The lowest BCUT2D eigenvalue weighted by molar-refractivity contribution is -0.142. The summed E-state index contributed by atoms with van der Waals surface area (Å²) < 4.78 is 5.84. The first-order valence-electron chi connectivity index (χ1n) is 12.0. The summed E-state index contributed by atoms with van der Waals surface area (Å²) in [7, 11) is 0. The summed E-state index contributed by atoms with van der Waals surface area (Å²) in [6, 6.07) is 24.1. The molecule has 0 radical (unpaired) electrons. The molecule has 0 saturated heterocycles. The van der Waals surface area contributed by atoms with E-state index in [1.165, 1.54) is 5.56 Å². The Morgan fingerprint density at radius 2 is 1.57 bits per heavy atom. The maximum Gasteiger partial charge on any atom is 0.261 e. The van der Waals surface area contributed by atoms with Crippen molar-refractivity contribution in [2.24, 2.45) is 0 Å². The Balaban J connectivity index is 1.85. The molecule has 0 bridgehead atoms. The minimum Gasteiger partial charge on any atom is -0.484 e. The Labute approximate surface area is 213 Å². The molecule has 35 heavy (non-hydrogen) atoms. The van der Waals surface area contributed by atoms with Gasteiger partial charge < -0.3 is 15.0 Å². The number of hydrogen-bond acceptors (Lipinski definition) is 3. The molecule has 0 aliphatic rings. The highest BCUT2D eigenvalue weighted by molar-refractivity contribution is 6.30. The number of ether oxygens (including phenoxy) is 1. The minimum atomic E-state index is -0.688. The summed E-state index contributed by atoms with van der Waals surface area (Å²) in [6.07, 6.45) is 0.398. The van der Waals surface area contributed by atoms with Gasteiger partial charge in [0.1, 0.15) is 11.8 Å². The third-order valence-corrected chi connectivity index (χ3v) is 6.05. The van der Waals surface area contributed by atoms with Gasteiger partial charge in [0, 0.05) is 24.5 Å². The molecule has 2 amide bonds. The molecule has 3 aromatic rings. The van der Waals surface area contributed by atoms with Crippen LogP contribution in [0.15, 0.2) is 78.9 Å². The van der Waals surface area contributed by atoms with E-state index in [4.69, 9.17) is 16.3 Å². The number of carbonyl (C=O) groups excluding carboxylic acids is 2. The maximum atomic E-state index is 13.5. The van der Waals surface area contributed by atoms with Gasteiger partial charge in [0.15, 0.2) is 6.61 Å². The molecular weight excluding hydrogens is 460 g/mol. The van der Waals surface area contributed by atoms with Crippen LogP contribution in [0.5, 0.6) is 5.75 Å². The molecule has 0 saturated carbocycles. The number of amides is 2. The maximum absolute atomic E-state index is 13.5. The zero-order valence-corrected chi connectivity index (χ0v) is 21.3. The highest BCUT2D eigenvalue weighted by Crippen LogP contribution is 2.20. The summed E-state index contributed by atoms with van der Waals surface area (Å²) in [4.78, 5) is 28.2. The molecule has 5 nitrogen and oxygen atoms in total. The van der Waals surface area contributed by atoms with Crippen molar-refractivity contribution in [2.75, 3.05) is 13.2 Å². The molecule has 0 fully saturated rings. The highest BCUT2D eigenvalue weighted by Gasteiger charge is 2.30. The van der Waals surface area contributed by atoms with Gasteiger partial charge in [-0.3, -0.25) is 9.59 Å². The van der Waals surface area contributed by atoms with Gasteiger partial charge in [-0.05, 0) is 53.8 Å². The van der Waals surface area contributed by atoms with E-state index in [1.54, 1.807) is 17.0 Å². The number of hydrogen-bond donors (Lipinski definition) is 1. The molecule has 0 spiro atoms. The molecule has 0 aliphatic carbocycles. The average Bonchev–Trinajstić information content (AvgIpc) is 2.86. The molecule has 0 aromatic heterocycles. The fourth-order valence-corrected chi connectivity index (χ4v) is 3.94. The summed E-state index contributed by atoms with van der Waals surface area (Å²) in [5.41, 5.74) is 3.06. The molecule has 3 rings (SSSR count). The van der Waals surface area contributed by atoms with Crippen LogP contribution in [0.1, 0.15) is 43.4 Å². The quantitative estimate of drug-likeness (QED) is 0.378. The van der Waals surface area contributed by atoms with Crippen LogP contribution in [-0.4, -0.2) is 35.9 Å². The van der Waals surface area contributed by atoms with Crippen LogP contribution < -0.4 is 10.1 Å². The standard InChI is InChI=1S/C29H33ClN2O3/c1-4-31-29(34)27(18-22-8-6-5-7-9-22)32(19-23-10-14-25(30)15-11-23)28(33)20-35-26-16-12-24(13-17-26)21(2)3/h5-17,21,27H,4,18-20H2,1-3H3,(H,31,34)/t27-/m1/s1. The van der Waals surface area contributed by atoms with E-state index in [1.807, 2.05) is 73.7 Å². The monoisotopic (exact) mass is 492 g/mol. The summed E-state index contributed by atoms with van der Waals surface area (Å²) >= 11 is 6.06. The number of halogens is 1. The lowest BCUT2D eigenvalue weighted by atomic mass is 10.0. The lowest BCUT2D eigenvalue weighted by Crippen LogP contribution is -2.51. The van der Waals surface area contributed by atoms with Crippen molar-refractivity contribution in [3.63, 3.8) is 0 Å². The van der Waals surface area contributed by atoms with Crippen LogP contribution in [0, 0.1) is 0 Å². The van der Waals surface area contributed by atoms with Crippen molar-refractivity contribution in [2.45, 2.75) is 45.7 Å². The summed E-state index contributed by atoms with van der Waals surface area (Å²) in [5, 5.41) is 3.51. The molecular formula is C29H33ClN2O3. The summed E-state index contributed by atoms with van der Waals surface area (Å²) in [5.74, 6) is 0.572. The number of likely N-dealkylation sites (N-methyl/N-ethyl adjacent to an activating group) is 1. The van der Waals surface area contributed by atoms with Gasteiger partial charge in [-0.15, -0.1) is 0 Å². The van der Waals surface area contributed by atoms with Crippen LogP contribution in [0.25, 0.3) is 0 Å². The average molecular weight is 493 g/mol. The van der Waals surface area contributed by atoms with E-state index in [2.05, 4.69) is 19.2 Å². The van der Waals surface area contributed by atoms with E-state index < -0.39 is 6.04 Å².